The second kappa shape index (κ2) is 3.67. The van der Waals surface area contributed by atoms with Crippen LogP contribution in [0, 0.1) is 0 Å². The number of piperazine rings is 2. The van der Waals surface area contributed by atoms with Crippen LogP contribution in [-0.2, 0) is 0 Å². The quantitative estimate of drug-likeness (QED) is 0.542. The Morgan fingerprint density at radius 3 is 2.35 bits per heavy atom. The van der Waals surface area contributed by atoms with Gasteiger partial charge in [0.05, 0.1) is 20.1 Å². The number of hydrogen-bond acceptors (Lipinski definition) is 3. The Kier molecular flexibility index (Phi) is 2.32. The zero-order valence-electron chi connectivity index (χ0n) is 11.0. The van der Waals surface area contributed by atoms with Crippen LogP contribution in [0.15, 0.2) is 0 Å². The lowest BCUT2D eigenvalue weighted by molar-refractivity contribution is -0.961. The predicted octanol–water partition coefficient (Wildman–Crippen LogP) is -0.174. The molecule has 0 amide bonds. The first-order chi connectivity index (χ1) is 8.28. The van der Waals surface area contributed by atoms with Crippen molar-refractivity contribution >= 4 is 0 Å². The fraction of sp³-hybridized carbons (Fsp3) is 1.00. The van der Waals surface area contributed by atoms with Crippen molar-refractivity contribution in [2.75, 3.05) is 59.4 Å². The first-order valence-electron chi connectivity index (χ1n) is 7.34. The minimum atomic E-state index is 0.733. The van der Waals surface area contributed by atoms with Gasteiger partial charge in [-0.25, -0.2) is 0 Å². The Hall–Kier alpha value is -0.160. The van der Waals surface area contributed by atoms with E-state index in [4.69, 9.17) is 0 Å². The van der Waals surface area contributed by atoms with Crippen molar-refractivity contribution in [1.29, 1.82) is 0 Å². The van der Waals surface area contributed by atoms with E-state index in [2.05, 4.69) is 21.7 Å². The Labute approximate surface area is 104 Å². The molecule has 1 unspecified atom stereocenters. The topological polar surface area (TPSA) is 9.72 Å². The zero-order valence-corrected chi connectivity index (χ0v) is 11.0. The van der Waals surface area contributed by atoms with Crippen molar-refractivity contribution < 1.29 is 4.48 Å². The summed E-state index contributed by atoms with van der Waals surface area (Å²) < 4.78 is 1.32. The highest BCUT2D eigenvalue weighted by Gasteiger charge is 2.55. The molecule has 0 aromatic heterocycles. The van der Waals surface area contributed by atoms with Gasteiger partial charge < -0.3 is 4.48 Å². The van der Waals surface area contributed by atoms with Crippen LogP contribution in [0.2, 0.25) is 0 Å². The zero-order chi connectivity index (χ0) is 11.5. The van der Waals surface area contributed by atoms with Gasteiger partial charge in [0.1, 0.15) is 6.17 Å². The van der Waals surface area contributed by atoms with E-state index in [0.29, 0.717) is 0 Å². The monoisotopic (exact) mass is 237 g/mol. The maximum atomic E-state index is 2.79. The maximum absolute atomic E-state index is 2.79. The van der Waals surface area contributed by atoms with Crippen LogP contribution in [-0.4, -0.2) is 90.9 Å². The molecule has 0 bridgehead atoms. The molecule has 0 spiro atoms. The van der Waals surface area contributed by atoms with Gasteiger partial charge in [-0.2, -0.15) is 0 Å². The van der Waals surface area contributed by atoms with E-state index in [1.165, 1.54) is 69.7 Å². The standard InChI is InChI=1S/C13H25N4/c1-17-10-3-6-16-8-7-14-4-2-5-15(9-11-17)12(14)13(16)17/h12-13H,2-11H2,1H3/q+1/t12-,13+,17?/m1/s1. The van der Waals surface area contributed by atoms with Gasteiger partial charge >= 0.3 is 0 Å². The van der Waals surface area contributed by atoms with Gasteiger partial charge in [-0.3, -0.25) is 14.7 Å². The van der Waals surface area contributed by atoms with Crippen molar-refractivity contribution in [3.8, 4) is 0 Å². The largest absolute Gasteiger partial charge is 0.307 e. The average Bonchev–Trinajstić information content (AvgIpc) is 2.36. The molecule has 0 saturated carbocycles. The SMILES string of the molecule is C[N+]12CCCN3CCN4CCCN(CC1)[C@@H]4[C@@H]32. The summed E-state index contributed by atoms with van der Waals surface area (Å²) in [4.78, 5) is 8.33. The van der Waals surface area contributed by atoms with Gasteiger partial charge in [0.15, 0.2) is 6.17 Å². The lowest BCUT2D eigenvalue weighted by Crippen LogP contribution is -2.82. The van der Waals surface area contributed by atoms with Gasteiger partial charge in [0.25, 0.3) is 0 Å². The highest BCUT2D eigenvalue weighted by atomic mass is 15.6. The minimum absolute atomic E-state index is 0.733. The molecule has 0 aromatic carbocycles. The summed E-state index contributed by atoms with van der Waals surface area (Å²) >= 11 is 0. The van der Waals surface area contributed by atoms with Crippen molar-refractivity contribution in [3.63, 3.8) is 0 Å². The van der Waals surface area contributed by atoms with Crippen LogP contribution in [0.25, 0.3) is 0 Å². The first-order valence-corrected chi connectivity index (χ1v) is 7.34. The third kappa shape index (κ3) is 1.44. The predicted molar refractivity (Wildman–Crippen MR) is 67.4 cm³/mol. The van der Waals surface area contributed by atoms with E-state index in [0.717, 1.165) is 12.3 Å². The van der Waals surface area contributed by atoms with Crippen LogP contribution in [0.1, 0.15) is 12.8 Å². The number of rotatable bonds is 0. The Morgan fingerprint density at radius 2 is 1.47 bits per heavy atom. The summed E-state index contributed by atoms with van der Waals surface area (Å²) in [5, 5.41) is 0. The minimum Gasteiger partial charge on any atom is -0.307 e. The second-order valence-corrected chi connectivity index (χ2v) is 6.57. The molecule has 4 heteroatoms. The van der Waals surface area contributed by atoms with Gasteiger partial charge in [-0.1, -0.05) is 0 Å². The fourth-order valence-corrected chi connectivity index (χ4v) is 4.74. The third-order valence-electron chi connectivity index (χ3n) is 5.61. The molecule has 4 nitrogen and oxygen atoms in total. The summed E-state index contributed by atoms with van der Waals surface area (Å²) in [5.41, 5.74) is 0. The van der Waals surface area contributed by atoms with Crippen LogP contribution in [0.3, 0.4) is 0 Å². The smallest absolute Gasteiger partial charge is 0.175 e. The number of quaternary nitrogens is 1. The lowest BCUT2D eigenvalue weighted by atomic mass is 9.98. The summed E-state index contributed by atoms with van der Waals surface area (Å²) in [7, 11) is 2.51. The highest BCUT2D eigenvalue weighted by Crippen LogP contribution is 2.36. The summed E-state index contributed by atoms with van der Waals surface area (Å²) in [6, 6.07) is 0. The van der Waals surface area contributed by atoms with E-state index >= 15 is 0 Å². The highest BCUT2D eigenvalue weighted by molar-refractivity contribution is 4.94. The number of nitrogens with zero attached hydrogens (tertiary/aromatic N) is 4. The second-order valence-electron chi connectivity index (χ2n) is 6.57. The number of likely N-dealkylation sites (N-methyl/N-ethyl adjacent to an activating group) is 1. The van der Waals surface area contributed by atoms with Gasteiger partial charge in [0.2, 0.25) is 0 Å². The Balaban J connectivity index is 1.72. The van der Waals surface area contributed by atoms with Crippen molar-refractivity contribution in [1.82, 2.24) is 14.7 Å². The van der Waals surface area contributed by atoms with E-state index in [1.54, 1.807) is 0 Å². The summed E-state index contributed by atoms with van der Waals surface area (Å²) in [6.07, 6.45) is 4.29. The molecule has 4 aliphatic rings. The molecule has 4 rings (SSSR count). The van der Waals surface area contributed by atoms with Crippen LogP contribution in [0.4, 0.5) is 0 Å². The maximum Gasteiger partial charge on any atom is 0.175 e. The first kappa shape index (κ1) is 10.7. The summed E-state index contributed by atoms with van der Waals surface area (Å²) in [6.45, 7) is 10.7. The van der Waals surface area contributed by atoms with E-state index in [9.17, 15) is 0 Å². The summed E-state index contributed by atoms with van der Waals surface area (Å²) in [5.74, 6) is 0. The average molecular weight is 237 g/mol. The molecule has 17 heavy (non-hydrogen) atoms. The van der Waals surface area contributed by atoms with Gasteiger partial charge in [-0.15, -0.1) is 0 Å². The van der Waals surface area contributed by atoms with Crippen molar-refractivity contribution in [2.24, 2.45) is 0 Å². The van der Waals surface area contributed by atoms with Gasteiger partial charge in [-0.05, 0) is 6.42 Å². The molecule has 96 valence electrons. The van der Waals surface area contributed by atoms with E-state index in [-0.39, 0.29) is 0 Å². The molecule has 4 aliphatic heterocycles. The molecular formula is C13H25N4+. The molecule has 0 aromatic rings. The van der Waals surface area contributed by atoms with Crippen LogP contribution >= 0.6 is 0 Å². The van der Waals surface area contributed by atoms with E-state index < -0.39 is 0 Å². The van der Waals surface area contributed by atoms with Crippen LogP contribution in [0.5, 0.6) is 0 Å². The molecule has 0 aliphatic carbocycles. The molecule has 0 N–H and O–H groups in total. The van der Waals surface area contributed by atoms with E-state index in [1.807, 2.05) is 0 Å². The molecule has 4 heterocycles. The van der Waals surface area contributed by atoms with Crippen molar-refractivity contribution in [3.05, 3.63) is 0 Å². The third-order valence-corrected chi connectivity index (χ3v) is 5.61. The normalized spacial score (nSPS) is 47.8. The Morgan fingerprint density at radius 1 is 0.765 bits per heavy atom. The van der Waals surface area contributed by atoms with Crippen LogP contribution < -0.4 is 0 Å². The lowest BCUT2D eigenvalue weighted by Gasteiger charge is -2.63. The molecule has 4 saturated heterocycles. The number of hydrogen-bond donors (Lipinski definition) is 0. The molecule has 4 fully saturated rings. The fourth-order valence-electron chi connectivity index (χ4n) is 4.74. The van der Waals surface area contributed by atoms with Crippen molar-refractivity contribution in [2.45, 2.75) is 25.2 Å². The van der Waals surface area contributed by atoms with Gasteiger partial charge in [0, 0.05) is 45.7 Å². The molecular weight excluding hydrogens is 212 g/mol. The molecule has 0 radical (unpaired) electrons. The Bertz CT molecular complexity index is 315. The molecule has 3 atom stereocenters.